The van der Waals surface area contributed by atoms with Crippen molar-refractivity contribution in [3.8, 4) is 0 Å². The Bertz CT molecular complexity index is 761. The maximum Gasteiger partial charge on any atom is 0.257 e. The summed E-state index contributed by atoms with van der Waals surface area (Å²) in [5.41, 5.74) is 6.49. The number of anilines is 2. The molecule has 142 valence electrons. The molecular weight excluding hydrogens is 378 g/mol. The number of hydrogen-bond donors (Lipinski definition) is 2. The SMILES string of the molecule is CC1(CN)CCN(C(=O)c2cccnc2Nc2ccccc2F)C1.Cl.Cl. The fourth-order valence-electron chi connectivity index (χ4n) is 2.90. The number of amides is 1. The molecule has 2 heterocycles. The lowest BCUT2D eigenvalue weighted by atomic mass is 9.90. The highest BCUT2D eigenvalue weighted by Gasteiger charge is 2.35. The summed E-state index contributed by atoms with van der Waals surface area (Å²) >= 11 is 0. The van der Waals surface area contributed by atoms with Gasteiger partial charge in [0.05, 0.1) is 11.3 Å². The number of rotatable bonds is 4. The number of pyridine rings is 1. The second-order valence-electron chi connectivity index (χ2n) is 6.50. The number of carbonyl (C=O) groups is 1. The van der Waals surface area contributed by atoms with Gasteiger partial charge in [-0.05, 0) is 42.6 Å². The van der Waals surface area contributed by atoms with Crippen LogP contribution in [-0.2, 0) is 0 Å². The topological polar surface area (TPSA) is 71.2 Å². The molecule has 3 N–H and O–H groups in total. The lowest BCUT2D eigenvalue weighted by molar-refractivity contribution is 0.0777. The van der Waals surface area contributed by atoms with Crippen molar-refractivity contribution in [1.29, 1.82) is 0 Å². The van der Waals surface area contributed by atoms with Crippen molar-refractivity contribution in [2.24, 2.45) is 11.1 Å². The summed E-state index contributed by atoms with van der Waals surface area (Å²) in [7, 11) is 0. The van der Waals surface area contributed by atoms with Gasteiger partial charge in [-0.1, -0.05) is 19.1 Å². The van der Waals surface area contributed by atoms with Gasteiger partial charge in [-0.2, -0.15) is 0 Å². The van der Waals surface area contributed by atoms with Gasteiger partial charge in [0.1, 0.15) is 11.6 Å². The minimum atomic E-state index is -0.390. The predicted molar refractivity (Wildman–Crippen MR) is 106 cm³/mol. The van der Waals surface area contributed by atoms with Crippen LogP contribution in [0.5, 0.6) is 0 Å². The molecule has 26 heavy (non-hydrogen) atoms. The van der Waals surface area contributed by atoms with Gasteiger partial charge in [0.25, 0.3) is 5.91 Å². The lowest BCUT2D eigenvalue weighted by Crippen LogP contribution is -2.34. The molecule has 1 aromatic heterocycles. The predicted octanol–water partition coefficient (Wildman–Crippen LogP) is 3.62. The molecule has 0 bridgehead atoms. The first-order valence-electron chi connectivity index (χ1n) is 7.98. The monoisotopic (exact) mass is 400 g/mol. The van der Waals surface area contributed by atoms with Crippen LogP contribution in [0, 0.1) is 11.2 Å². The molecule has 0 spiro atoms. The summed E-state index contributed by atoms with van der Waals surface area (Å²) in [4.78, 5) is 18.9. The molecule has 3 rings (SSSR count). The average Bonchev–Trinajstić information content (AvgIpc) is 3.00. The Morgan fingerprint density at radius 1 is 1.31 bits per heavy atom. The Labute approximate surface area is 165 Å². The molecule has 2 aromatic rings. The molecular formula is C18H23Cl2FN4O. The summed E-state index contributed by atoms with van der Waals surface area (Å²) in [6, 6.07) is 9.72. The van der Waals surface area contributed by atoms with Crippen molar-refractivity contribution in [3.05, 3.63) is 54.0 Å². The van der Waals surface area contributed by atoms with Crippen LogP contribution in [0.3, 0.4) is 0 Å². The molecule has 5 nitrogen and oxygen atoms in total. The fourth-order valence-corrected chi connectivity index (χ4v) is 2.90. The van der Waals surface area contributed by atoms with Gasteiger partial charge >= 0.3 is 0 Å². The molecule has 8 heteroatoms. The summed E-state index contributed by atoms with van der Waals surface area (Å²) in [6.07, 6.45) is 2.46. The van der Waals surface area contributed by atoms with E-state index in [4.69, 9.17) is 5.73 Å². The van der Waals surface area contributed by atoms with Crippen molar-refractivity contribution >= 4 is 42.2 Å². The van der Waals surface area contributed by atoms with Crippen LogP contribution >= 0.6 is 24.8 Å². The largest absolute Gasteiger partial charge is 0.338 e. The number of para-hydroxylation sites is 1. The molecule has 0 aliphatic carbocycles. The first-order chi connectivity index (χ1) is 11.5. The van der Waals surface area contributed by atoms with Crippen molar-refractivity contribution < 1.29 is 9.18 Å². The Hall–Kier alpha value is -1.89. The van der Waals surface area contributed by atoms with Crippen LogP contribution in [-0.4, -0.2) is 35.4 Å². The van der Waals surface area contributed by atoms with Crippen LogP contribution in [0.2, 0.25) is 0 Å². The number of nitrogens with zero attached hydrogens (tertiary/aromatic N) is 2. The number of nitrogens with two attached hydrogens (primary N) is 1. The zero-order valence-electron chi connectivity index (χ0n) is 14.4. The summed E-state index contributed by atoms with van der Waals surface area (Å²) in [6.45, 7) is 3.92. The van der Waals surface area contributed by atoms with Crippen molar-refractivity contribution in [3.63, 3.8) is 0 Å². The number of likely N-dealkylation sites (tertiary alicyclic amines) is 1. The van der Waals surface area contributed by atoms with Gasteiger partial charge in [0.2, 0.25) is 0 Å². The van der Waals surface area contributed by atoms with Gasteiger partial charge < -0.3 is 16.0 Å². The number of aromatic nitrogens is 1. The maximum atomic E-state index is 13.9. The van der Waals surface area contributed by atoms with Crippen molar-refractivity contribution in [1.82, 2.24) is 9.88 Å². The maximum absolute atomic E-state index is 13.9. The Morgan fingerprint density at radius 3 is 2.69 bits per heavy atom. The minimum absolute atomic E-state index is 0. The molecule has 1 fully saturated rings. The molecule has 1 aliphatic rings. The average molecular weight is 401 g/mol. The normalized spacial score (nSPS) is 18.7. The number of hydrogen-bond acceptors (Lipinski definition) is 4. The third kappa shape index (κ3) is 4.63. The van der Waals surface area contributed by atoms with E-state index >= 15 is 0 Å². The van der Waals surface area contributed by atoms with Gasteiger partial charge in [-0.3, -0.25) is 4.79 Å². The van der Waals surface area contributed by atoms with E-state index in [1.54, 1.807) is 41.4 Å². The standard InChI is InChI=1S/C18H21FN4O.2ClH/c1-18(11-20)8-10-23(12-18)17(24)13-5-4-9-21-16(13)22-15-7-3-2-6-14(15)19;;/h2-7,9H,8,10-12,20H2,1H3,(H,21,22);2*1H. The first kappa shape index (κ1) is 22.2. The minimum Gasteiger partial charge on any atom is -0.338 e. The molecule has 1 aromatic carbocycles. The Morgan fingerprint density at radius 2 is 2.04 bits per heavy atom. The van der Waals surface area contributed by atoms with Gasteiger partial charge in [0, 0.05) is 19.3 Å². The van der Waals surface area contributed by atoms with E-state index in [1.165, 1.54) is 6.07 Å². The first-order valence-corrected chi connectivity index (χ1v) is 7.98. The summed E-state index contributed by atoms with van der Waals surface area (Å²) in [5.74, 6) is -0.147. The van der Waals surface area contributed by atoms with E-state index < -0.39 is 5.82 Å². The number of nitrogens with one attached hydrogen (secondary N) is 1. The number of carbonyl (C=O) groups excluding carboxylic acids is 1. The highest BCUT2D eigenvalue weighted by Crippen LogP contribution is 2.30. The third-order valence-corrected chi connectivity index (χ3v) is 4.50. The van der Waals surface area contributed by atoms with Gasteiger partial charge in [-0.15, -0.1) is 24.8 Å². The highest BCUT2D eigenvalue weighted by atomic mass is 35.5. The molecule has 1 saturated heterocycles. The van der Waals surface area contributed by atoms with Crippen LogP contribution in [0.25, 0.3) is 0 Å². The van der Waals surface area contributed by atoms with E-state index in [0.29, 0.717) is 36.7 Å². The molecule has 1 atom stereocenters. The zero-order chi connectivity index (χ0) is 17.2. The number of halogens is 3. The number of benzene rings is 1. The van der Waals surface area contributed by atoms with Crippen molar-refractivity contribution in [2.75, 3.05) is 25.0 Å². The third-order valence-electron chi connectivity index (χ3n) is 4.50. The molecule has 0 radical (unpaired) electrons. The van der Waals surface area contributed by atoms with Crippen LogP contribution < -0.4 is 11.1 Å². The summed E-state index contributed by atoms with van der Waals surface area (Å²) < 4.78 is 13.9. The smallest absolute Gasteiger partial charge is 0.257 e. The van der Waals surface area contributed by atoms with Crippen molar-refractivity contribution in [2.45, 2.75) is 13.3 Å². The van der Waals surface area contributed by atoms with Crippen LogP contribution in [0.15, 0.2) is 42.6 Å². The summed E-state index contributed by atoms with van der Waals surface area (Å²) in [5, 5.41) is 2.92. The van der Waals surface area contributed by atoms with Gasteiger partial charge in [-0.25, -0.2) is 9.37 Å². The molecule has 1 amide bonds. The quantitative estimate of drug-likeness (QED) is 0.821. The molecule has 1 aliphatic heterocycles. The van der Waals surface area contributed by atoms with Crippen LogP contribution in [0.4, 0.5) is 15.9 Å². The Kier molecular flexibility index (Phi) is 7.81. The molecule has 0 saturated carbocycles. The van der Waals surface area contributed by atoms with E-state index in [9.17, 15) is 9.18 Å². The lowest BCUT2D eigenvalue weighted by Gasteiger charge is -2.23. The molecule has 1 unspecified atom stereocenters. The zero-order valence-corrected chi connectivity index (χ0v) is 16.1. The second kappa shape index (κ2) is 9.16. The van der Waals surface area contributed by atoms with Gasteiger partial charge in [0.15, 0.2) is 0 Å². The van der Waals surface area contributed by atoms with E-state index in [-0.39, 0.29) is 36.1 Å². The van der Waals surface area contributed by atoms with E-state index in [2.05, 4.69) is 17.2 Å². The van der Waals surface area contributed by atoms with Crippen LogP contribution in [0.1, 0.15) is 23.7 Å². The fraction of sp³-hybridized carbons (Fsp3) is 0.333. The second-order valence-corrected chi connectivity index (χ2v) is 6.50. The Balaban J connectivity index is 0.00000169. The van der Waals surface area contributed by atoms with E-state index in [1.807, 2.05) is 0 Å². The highest BCUT2D eigenvalue weighted by molar-refractivity contribution is 5.99. The van der Waals surface area contributed by atoms with E-state index in [0.717, 1.165) is 6.42 Å².